The smallest absolute Gasteiger partial charge is 0.322 e. The highest BCUT2D eigenvalue weighted by atomic mass is 35.5. The predicted molar refractivity (Wildman–Crippen MR) is 64.1 cm³/mol. The molecule has 1 aliphatic heterocycles. The number of nitrogens with one attached hydrogen (secondary N) is 1. The molecule has 0 aromatic carbocycles. The minimum absolute atomic E-state index is 0.160. The van der Waals surface area contributed by atoms with E-state index >= 15 is 0 Å². The standard InChI is InChI=1S/C11H16ClN3O2/c12-6-15-5-4-7-2-1-3-8(10(13)16)9(7)14-11(15)17/h8H,1-6H2,(H2,13,16)(H,14,17). The van der Waals surface area contributed by atoms with E-state index in [1.165, 1.54) is 4.90 Å². The van der Waals surface area contributed by atoms with Gasteiger partial charge in [-0.3, -0.25) is 4.79 Å². The van der Waals surface area contributed by atoms with Crippen LogP contribution < -0.4 is 11.1 Å². The second-order valence-corrected chi connectivity index (χ2v) is 4.67. The second-order valence-electron chi connectivity index (χ2n) is 4.43. The van der Waals surface area contributed by atoms with Gasteiger partial charge in [-0.1, -0.05) is 0 Å². The van der Waals surface area contributed by atoms with Crippen LogP contribution in [-0.2, 0) is 4.79 Å². The number of rotatable bonds is 2. The van der Waals surface area contributed by atoms with Crippen LogP contribution in [0.25, 0.3) is 0 Å². The third kappa shape index (κ3) is 2.39. The molecule has 0 aromatic heterocycles. The number of hydrogen-bond acceptors (Lipinski definition) is 2. The zero-order valence-electron chi connectivity index (χ0n) is 9.54. The number of primary amides is 1. The molecule has 0 fully saturated rings. The van der Waals surface area contributed by atoms with Gasteiger partial charge in [-0.15, -0.1) is 11.6 Å². The van der Waals surface area contributed by atoms with Crippen LogP contribution in [0.15, 0.2) is 11.3 Å². The van der Waals surface area contributed by atoms with E-state index in [1.54, 1.807) is 0 Å². The molecule has 1 unspecified atom stereocenters. The summed E-state index contributed by atoms with van der Waals surface area (Å²) in [6, 6.07) is -0.0775. The Morgan fingerprint density at radius 3 is 2.94 bits per heavy atom. The number of alkyl halides is 1. The van der Waals surface area contributed by atoms with Crippen molar-refractivity contribution in [2.45, 2.75) is 25.7 Å². The SMILES string of the molecule is NC(=O)C1CCCC2=C1NC(=O)N(CCl)CC2. The minimum Gasteiger partial charge on any atom is -0.369 e. The number of hydrogen-bond donors (Lipinski definition) is 2. The number of carbonyl (C=O) groups is 2. The molecule has 1 atom stereocenters. The maximum atomic E-state index is 11.8. The Bertz CT molecular complexity index is 381. The van der Waals surface area contributed by atoms with E-state index < -0.39 is 0 Å². The Hall–Kier alpha value is -1.23. The molecule has 2 rings (SSSR count). The Kier molecular flexibility index (Phi) is 3.57. The van der Waals surface area contributed by atoms with Crippen LogP contribution >= 0.6 is 11.6 Å². The summed E-state index contributed by atoms with van der Waals surface area (Å²) in [6.07, 6.45) is 3.36. The third-order valence-corrected chi connectivity index (χ3v) is 3.69. The van der Waals surface area contributed by atoms with Crippen molar-refractivity contribution in [2.75, 3.05) is 12.5 Å². The van der Waals surface area contributed by atoms with Crippen LogP contribution in [0.2, 0.25) is 0 Å². The normalized spacial score (nSPS) is 25.1. The van der Waals surface area contributed by atoms with E-state index in [4.69, 9.17) is 17.3 Å². The van der Waals surface area contributed by atoms with Gasteiger partial charge in [-0.25, -0.2) is 4.79 Å². The molecule has 5 nitrogen and oxygen atoms in total. The lowest BCUT2D eigenvalue weighted by molar-refractivity contribution is -0.121. The molecule has 17 heavy (non-hydrogen) atoms. The molecule has 0 radical (unpaired) electrons. The van der Waals surface area contributed by atoms with Crippen LogP contribution in [0.4, 0.5) is 4.79 Å². The lowest BCUT2D eigenvalue weighted by atomic mass is 9.85. The first kappa shape index (κ1) is 12.2. The zero-order chi connectivity index (χ0) is 12.4. The molecule has 1 heterocycles. The highest BCUT2D eigenvalue weighted by Gasteiger charge is 2.31. The van der Waals surface area contributed by atoms with Gasteiger partial charge in [0.1, 0.15) is 0 Å². The fourth-order valence-electron chi connectivity index (χ4n) is 2.44. The molecule has 0 aromatic rings. The molecule has 0 spiro atoms. The van der Waals surface area contributed by atoms with Crippen molar-refractivity contribution in [3.63, 3.8) is 0 Å². The molecule has 94 valence electrons. The second kappa shape index (κ2) is 4.96. The largest absolute Gasteiger partial charge is 0.369 e. The van der Waals surface area contributed by atoms with Crippen LogP contribution in [0.5, 0.6) is 0 Å². The summed E-state index contributed by atoms with van der Waals surface area (Å²) in [5.74, 6) is -0.713. The number of halogens is 1. The van der Waals surface area contributed by atoms with Crippen LogP contribution in [0.1, 0.15) is 25.7 Å². The average molecular weight is 258 g/mol. The first-order valence-electron chi connectivity index (χ1n) is 5.76. The minimum atomic E-state index is -0.364. The quantitative estimate of drug-likeness (QED) is 0.575. The monoisotopic (exact) mass is 257 g/mol. The van der Waals surface area contributed by atoms with Gasteiger partial charge >= 0.3 is 6.03 Å². The summed E-state index contributed by atoms with van der Waals surface area (Å²) in [7, 11) is 0. The Morgan fingerprint density at radius 1 is 1.53 bits per heavy atom. The van der Waals surface area contributed by atoms with Crippen molar-refractivity contribution in [3.8, 4) is 0 Å². The maximum absolute atomic E-state index is 11.8. The first-order chi connectivity index (χ1) is 8.13. The molecule has 3 N–H and O–H groups in total. The van der Waals surface area contributed by atoms with E-state index in [9.17, 15) is 9.59 Å². The van der Waals surface area contributed by atoms with Gasteiger partial charge in [0, 0.05) is 12.2 Å². The molecular formula is C11H16ClN3O2. The number of carbonyl (C=O) groups excluding carboxylic acids is 2. The third-order valence-electron chi connectivity index (χ3n) is 3.40. The van der Waals surface area contributed by atoms with E-state index in [0.717, 1.165) is 37.0 Å². The average Bonchev–Trinajstić information content (AvgIpc) is 2.46. The van der Waals surface area contributed by atoms with Gasteiger partial charge < -0.3 is 16.0 Å². The van der Waals surface area contributed by atoms with Gasteiger partial charge in [0.25, 0.3) is 0 Å². The van der Waals surface area contributed by atoms with Crippen molar-refractivity contribution in [2.24, 2.45) is 11.7 Å². The summed E-state index contributed by atoms with van der Waals surface area (Å²) in [5, 5.41) is 2.79. The summed E-state index contributed by atoms with van der Waals surface area (Å²) in [4.78, 5) is 24.7. The fourth-order valence-corrected chi connectivity index (χ4v) is 2.67. The van der Waals surface area contributed by atoms with Crippen molar-refractivity contribution in [1.29, 1.82) is 0 Å². The van der Waals surface area contributed by atoms with E-state index in [2.05, 4.69) is 5.32 Å². The molecule has 0 saturated heterocycles. The summed E-state index contributed by atoms with van der Waals surface area (Å²) in [5.41, 5.74) is 7.24. The lowest BCUT2D eigenvalue weighted by Gasteiger charge is -2.25. The van der Waals surface area contributed by atoms with Crippen molar-refractivity contribution >= 4 is 23.5 Å². The highest BCUT2D eigenvalue weighted by molar-refractivity contribution is 6.18. The van der Waals surface area contributed by atoms with E-state index in [-0.39, 0.29) is 23.9 Å². The first-order valence-corrected chi connectivity index (χ1v) is 6.30. The molecule has 0 bridgehead atoms. The van der Waals surface area contributed by atoms with Gasteiger partial charge in [-0.05, 0) is 31.3 Å². The molecular weight excluding hydrogens is 242 g/mol. The summed E-state index contributed by atoms with van der Waals surface area (Å²) < 4.78 is 0. The van der Waals surface area contributed by atoms with Crippen molar-refractivity contribution in [3.05, 3.63) is 11.3 Å². The molecule has 1 aliphatic carbocycles. The van der Waals surface area contributed by atoms with Gasteiger partial charge in [0.15, 0.2) is 0 Å². The summed E-state index contributed by atoms with van der Waals surface area (Å²) in [6.45, 7) is 0.597. The van der Waals surface area contributed by atoms with E-state index in [1.807, 2.05) is 0 Å². The predicted octanol–water partition coefficient (Wildman–Crippen LogP) is 1.14. The van der Waals surface area contributed by atoms with Gasteiger partial charge in [-0.2, -0.15) is 0 Å². The molecule has 3 amide bonds. The molecule has 6 heteroatoms. The van der Waals surface area contributed by atoms with Crippen LogP contribution in [0, 0.1) is 5.92 Å². The Morgan fingerprint density at radius 2 is 2.29 bits per heavy atom. The van der Waals surface area contributed by atoms with E-state index in [0.29, 0.717) is 6.54 Å². The Labute approximate surface area is 105 Å². The molecule has 2 aliphatic rings. The zero-order valence-corrected chi connectivity index (χ0v) is 10.3. The van der Waals surface area contributed by atoms with Crippen molar-refractivity contribution in [1.82, 2.24) is 10.2 Å². The number of urea groups is 1. The number of nitrogens with zero attached hydrogens (tertiary/aromatic N) is 1. The highest BCUT2D eigenvalue weighted by Crippen LogP contribution is 2.31. The topological polar surface area (TPSA) is 75.4 Å². The van der Waals surface area contributed by atoms with Crippen LogP contribution in [-0.4, -0.2) is 29.4 Å². The van der Waals surface area contributed by atoms with Gasteiger partial charge in [0.2, 0.25) is 5.91 Å². The number of amides is 3. The van der Waals surface area contributed by atoms with Crippen LogP contribution in [0.3, 0.4) is 0 Å². The number of nitrogens with two attached hydrogens (primary N) is 1. The molecule has 0 saturated carbocycles. The lowest BCUT2D eigenvalue weighted by Crippen LogP contribution is -2.41. The summed E-state index contributed by atoms with van der Waals surface area (Å²) >= 11 is 5.70. The fraction of sp³-hybridized carbons (Fsp3) is 0.636. The maximum Gasteiger partial charge on any atom is 0.322 e. The Balaban J connectivity index is 2.25. The van der Waals surface area contributed by atoms with Gasteiger partial charge in [0.05, 0.1) is 11.9 Å². The van der Waals surface area contributed by atoms with Crippen molar-refractivity contribution < 1.29 is 9.59 Å².